The van der Waals surface area contributed by atoms with Crippen LogP contribution in [-0.2, 0) is 21.2 Å². The maximum Gasteiger partial charge on any atom is 0.322 e. The van der Waals surface area contributed by atoms with Crippen molar-refractivity contribution < 1.29 is 18.3 Å². The van der Waals surface area contributed by atoms with Gasteiger partial charge < -0.3 is 5.11 Å². The van der Waals surface area contributed by atoms with Crippen molar-refractivity contribution in [1.29, 1.82) is 0 Å². The second kappa shape index (κ2) is 6.85. The Labute approximate surface area is 120 Å². The van der Waals surface area contributed by atoms with Gasteiger partial charge in [-0.05, 0) is 30.0 Å². The van der Waals surface area contributed by atoms with Crippen molar-refractivity contribution in [2.45, 2.75) is 44.6 Å². The molecule has 20 heavy (non-hydrogen) atoms. The third kappa shape index (κ3) is 4.05. The van der Waals surface area contributed by atoms with Crippen LogP contribution in [0.4, 0.5) is 0 Å². The number of carboxylic acid groups (broad SMARTS) is 1. The Bertz CT molecular complexity index is 551. The standard InChI is InChI=1S/C14H21NO4S/c1-4-10(3)13(14(16)17)15-20(18,19)12-8-6-11(5-2)7-9-12/h6-10,13,15H,4-5H2,1-3H3,(H,16,17). The number of rotatable bonds is 7. The summed E-state index contributed by atoms with van der Waals surface area (Å²) < 4.78 is 26.7. The Kier molecular flexibility index (Phi) is 5.71. The van der Waals surface area contributed by atoms with E-state index in [4.69, 9.17) is 5.11 Å². The van der Waals surface area contributed by atoms with Gasteiger partial charge in [-0.15, -0.1) is 0 Å². The first-order valence-corrected chi connectivity index (χ1v) is 8.14. The van der Waals surface area contributed by atoms with E-state index in [1.807, 2.05) is 13.8 Å². The normalized spacial score (nSPS) is 14.8. The molecule has 1 rings (SSSR count). The monoisotopic (exact) mass is 299 g/mol. The number of carbonyl (C=O) groups is 1. The van der Waals surface area contributed by atoms with E-state index in [0.29, 0.717) is 6.42 Å². The fraction of sp³-hybridized carbons (Fsp3) is 0.500. The molecule has 0 bridgehead atoms. The van der Waals surface area contributed by atoms with Gasteiger partial charge in [-0.3, -0.25) is 4.79 Å². The summed E-state index contributed by atoms with van der Waals surface area (Å²) in [7, 11) is -3.82. The highest BCUT2D eigenvalue weighted by molar-refractivity contribution is 7.89. The Morgan fingerprint density at radius 2 is 1.80 bits per heavy atom. The zero-order chi connectivity index (χ0) is 15.3. The molecule has 0 spiro atoms. The minimum absolute atomic E-state index is 0.0873. The third-order valence-corrected chi connectivity index (χ3v) is 4.86. The number of benzene rings is 1. The predicted molar refractivity (Wildman–Crippen MR) is 77.0 cm³/mol. The molecule has 0 aliphatic carbocycles. The molecular formula is C14H21NO4S. The molecule has 2 unspecified atom stereocenters. The highest BCUT2D eigenvalue weighted by Crippen LogP contribution is 2.15. The van der Waals surface area contributed by atoms with Gasteiger partial charge >= 0.3 is 5.97 Å². The summed E-state index contributed by atoms with van der Waals surface area (Å²) in [6.07, 6.45) is 1.40. The van der Waals surface area contributed by atoms with Crippen LogP contribution in [0.1, 0.15) is 32.8 Å². The van der Waals surface area contributed by atoms with Crippen molar-refractivity contribution in [3.63, 3.8) is 0 Å². The number of aliphatic carboxylic acids is 1. The van der Waals surface area contributed by atoms with E-state index in [2.05, 4.69) is 4.72 Å². The van der Waals surface area contributed by atoms with E-state index in [0.717, 1.165) is 12.0 Å². The Morgan fingerprint density at radius 1 is 1.25 bits per heavy atom. The summed E-state index contributed by atoms with van der Waals surface area (Å²) in [6, 6.07) is 5.34. The molecule has 0 aliphatic heterocycles. The highest BCUT2D eigenvalue weighted by Gasteiger charge is 2.29. The average Bonchev–Trinajstić information content (AvgIpc) is 2.43. The van der Waals surface area contributed by atoms with Crippen LogP contribution in [0.15, 0.2) is 29.2 Å². The Hall–Kier alpha value is -1.40. The molecule has 0 heterocycles. The predicted octanol–water partition coefficient (Wildman–Crippen LogP) is 2.03. The molecule has 1 aromatic rings. The van der Waals surface area contributed by atoms with Gasteiger partial charge in [0.25, 0.3) is 0 Å². The number of nitrogens with one attached hydrogen (secondary N) is 1. The molecule has 2 N–H and O–H groups in total. The van der Waals surface area contributed by atoms with Crippen LogP contribution in [0.5, 0.6) is 0 Å². The van der Waals surface area contributed by atoms with E-state index in [1.54, 1.807) is 19.1 Å². The van der Waals surface area contributed by atoms with Crippen LogP contribution in [0.3, 0.4) is 0 Å². The van der Waals surface area contributed by atoms with E-state index in [-0.39, 0.29) is 10.8 Å². The van der Waals surface area contributed by atoms with Gasteiger partial charge in [0.2, 0.25) is 10.0 Å². The lowest BCUT2D eigenvalue weighted by Gasteiger charge is -2.20. The SMILES string of the molecule is CCc1ccc(S(=O)(=O)NC(C(=O)O)C(C)CC)cc1. The number of hydrogen-bond acceptors (Lipinski definition) is 3. The van der Waals surface area contributed by atoms with E-state index < -0.39 is 22.0 Å². The first kappa shape index (κ1) is 16.7. The molecule has 0 amide bonds. The Morgan fingerprint density at radius 3 is 2.20 bits per heavy atom. The van der Waals surface area contributed by atoms with Crippen LogP contribution in [0.25, 0.3) is 0 Å². The molecule has 0 radical (unpaired) electrons. The summed E-state index contributed by atoms with van der Waals surface area (Å²) in [5, 5.41) is 9.14. The maximum absolute atomic E-state index is 12.2. The molecule has 112 valence electrons. The second-order valence-electron chi connectivity index (χ2n) is 4.82. The van der Waals surface area contributed by atoms with Crippen molar-refractivity contribution in [2.24, 2.45) is 5.92 Å². The molecule has 0 aliphatic rings. The van der Waals surface area contributed by atoms with E-state index in [9.17, 15) is 13.2 Å². The third-order valence-electron chi connectivity index (χ3n) is 3.40. The zero-order valence-corrected chi connectivity index (χ0v) is 12.8. The first-order valence-electron chi connectivity index (χ1n) is 6.65. The summed E-state index contributed by atoms with van der Waals surface area (Å²) in [5.41, 5.74) is 1.03. The number of carboxylic acids is 1. The van der Waals surface area contributed by atoms with Crippen molar-refractivity contribution in [2.75, 3.05) is 0 Å². The van der Waals surface area contributed by atoms with E-state index in [1.165, 1.54) is 12.1 Å². The lowest BCUT2D eigenvalue weighted by Crippen LogP contribution is -2.44. The second-order valence-corrected chi connectivity index (χ2v) is 6.53. The number of hydrogen-bond donors (Lipinski definition) is 2. The van der Waals surface area contributed by atoms with Gasteiger partial charge in [-0.1, -0.05) is 39.3 Å². The first-order chi connectivity index (χ1) is 9.31. The fourth-order valence-electron chi connectivity index (χ4n) is 1.79. The molecule has 1 aromatic carbocycles. The van der Waals surface area contributed by atoms with Gasteiger partial charge in [-0.2, -0.15) is 4.72 Å². The smallest absolute Gasteiger partial charge is 0.322 e. The molecule has 6 heteroatoms. The quantitative estimate of drug-likeness (QED) is 0.807. The largest absolute Gasteiger partial charge is 0.480 e. The van der Waals surface area contributed by atoms with E-state index >= 15 is 0 Å². The summed E-state index contributed by atoms with van der Waals surface area (Å²) >= 11 is 0. The van der Waals surface area contributed by atoms with Crippen molar-refractivity contribution in [3.8, 4) is 0 Å². The van der Waals surface area contributed by atoms with Crippen molar-refractivity contribution in [3.05, 3.63) is 29.8 Å². The lowest BCUT2D eigenvalue weighted by molar-refractivity contribution is -0.140. The zero-order valence-electron chi connectivity index (χ0n) is 12.0. The minimum Gasteiger partial charge on any atom is -0.480 e. The highest BCUT2D eigenvalue weighted by atomic mass is 32.2. The van der Waals surface area contributed by atoms with Gasteiger partial charge in [-0.25, -0.2) is 8.42 Å². The molecular weight excluding hydrogens is 278 g/mol. The van der Waals surface area contributed by atoms with Gasteiger partial charge in [0, 0.05) is 0 Å². The van der Waals surface area contributed by atoms with Crippen molar-refractivity contribution >= 4 is 16.0 Å². The molecule has 0 saturated heterocycles. The fourth-order valence-corrected chi connectivity index (χ4v) is 3.08. The molecule has 5 nitrogen and oxygen atoms in total. The molecule has 0 aromatic heterocycles. The van der Waals surface area contributed by atoms with Crippen LogP contribution in [0.2, 0.25) is 0 Å². The summed E-state index contributed by atoms with van der Waals surface area (Å²) in [6.45, 7) is 5.51. The lowest BCUT2D eigenvalue weighted by atomic mass is 10.0. The van der Waals surface area contributed by atoms with Crippen molar-refractivity contribution in [1.82, 2.24) is 4.72 Å². The van der Waals surface area contributed by atoms with Crippen LogP contribution >= 0.6 is 0 Å². The molecule has 0 saturated carbocycles. The topological polar surface area (TPSA) is 83.5 Å². The molecule has 2 atom stereocenters. The molecule has 0 fully saturated rings. The van der Waals surface area contributed by atoms with Crippen LogP contribution in [0, 0.1) is 5.92 Å². The summed E-state index contributed by atoms with van der Waals surface area (Å²) in [5.74, 6) is -1.44. The van der Waals surface area contributed by atoms with Crippen LogP contribution in [-0.4, -0.2) is 25.5 Å². The number of aryl methyl sites for hydroxylation is 1. The van der Waals surface area contributed by atoms with Gasteiger partial charge in [0.05, 0.1) is 4.90 Å². The summed E-state index contributed by atoms with van der Waals surface area (Å²) in [4.78, 5) is 11.3. The minimum atomic E-state index is -3.82. The number of sulfonamides is 1. The average molecular weight is 299 g/mol. The van der Waals surface area contributed by atoms with Gasteiger partial charge in [0.15, 0.2) is 0 Å². The van der Waals surface area contributed by atoms with Gasteiger partial charge in [0.1, 0.15) is 6.04 Å². The maximum atomic E-state index is 12.2. The Balaban J connectivity index is 3.00. The van der Waals surface area contributed by atoms with Crippen LogP contribution < -0.4 is 4.72 Å².